The summed E-state index contributed by atoms with van der Waals surface area (Å²) < 4.78 is 14.9. The summed E-state index contributed by atoms with van der Waals surface area (Å²) in [5.41, 5.74) is 2.95. The molecule has 2 amide bonds. The van der Waals surface area contributed by atoms with E-state index in [1.807, 2.05) is 40.7 Å². The molecule has 186 valence electrons. The van der Waals surface area contributed by atoms with Crippen molar-refractivity contribution in [2.24, 2.45) is 5.41 Å². The molecule has 1 N–H and O–H groups in total. The quantitative estimate of drug-likeness (QED) is 0.617. The summed E-state index contributed by atoms with van der Waals surface area (Å²) in [4.78, 5) is 33.9. The second-order valence-electron chi connectivity index (χ2n) is 10.5. The van der Waals surface area contributed by atoms with E-state index in [1.165, 1.54) is 12.1 Å². The van der Waals surface area contributed by atoms with E-state index in [1.54, 1.807) is 32.6 Å². The van der Waals surface area contributed by atoms with E-state index in [0.717, 1.165) is 11.1 Å². The number of carbonyl (C=O) groups excluding carboxylic acids is 2. The molecule has 3 aromatic rings. The number of carbonyl (C=O) groups is 2. The molecule has 35 heavy (non-hydrogen) atoms. The first-order chi connectivity index (χ1) is 16.4. The third-order valence-electron chi connectivity index (χ3n) is 6.26. The summed E-state index contributed by atoms with van der Waals surface area (Å²) in [7, 11) is 0. The Hall–Kier alpha value is -3.33. The third-order valence-corrected chi connectivity index (χ3v) is 6.26. The molecule has 2 aromatic heterocycles. The molecular formula is C26H32FN5O3. The second-order valence-corrected chi connectivity index (χ2v) is 10.5. The number of hydrogen-bond donors (Lipinski definition) is 1. The Morgan fingerprint density at radius 3 is 2.51 bits per heavy atom. The first-order valence-electron chi connectivity index (χ1n) is 11.8. The van der Waals surface area contributed by atoms with E-state index in [2.05, 4.69) is 10.1 Å². The van der Waals surface area contributed by atoms with Crippen molar-refractivity contribution in [3.05, 3.63) is 53.6 Å². The highest BCUT2D eigenvalue weighted by atomic mass is 19.1. The number of aliphatic hydroxyl groups is 1. The van der Waals surface area contributed by atoms with Crippen LogP contribution in [0.15, 0.2) is 36.5 Å². The Kier molecular flexibility index (Phi) is 6.64. The number of rotatable bonds is 4. The number of imidazole rings is 1. The van der Waals surface area contributed by atoms with Gasteiger partial charge < -0.3 is 14.9 Å². The lowest BCUT2D eigenvalue weighted by atomic mass is 9.88. The van der Waals surface area contributed by atoms with Crippen molar-refractivity contribution in [3.63, 3.8) is 0 Å². The van der Waals surface area contributed by atoms with Gasteiger partial charge in [-0.25, -0.2) is 13.9 Å². The van der Waals surface area contributed by atoms with E-state index >= 15 is 0 Å². The number of aromatic nitrogens is 3. The summed E-state index contributed by atoms with van der Waals surface area (Å²) in [6.07, 6.45) is 0.931. The minimum atomic E-state index is -1.05. The lowest BCUT2D eigenvalue weighted by molar-refractivity contribution is -0.145. The monoisotopic (exact) mass is 481 g/mol. The fraction of sp³-hybridized carbons (Fsp3) is 0.462. The van der Waals surface area contributed by atoms with Gasteiger partial charge in [-0.15, -0.1) is 0 Å². The van der Waals surface area contributed by atoms with Crippen LogP contribution in [0.5, 0.6) is 0 Å². The first-order valence-corrected chi connectivity index (χ1v) is 11.8. The number of amides is 2. The molecule has 0 saturated carbocycles. The molecule has 9 heteroatoms. The molecule has 0 radical (unpaired) electrons. The van der Waals surface area contributed by atoms with E-state index in [-0.39, 0.29) is 34.8 Å². The summed E-state index contributed by atoms with van der Waals surface area (Å²) in [6.45, 7) is 10.8. The van der Waals surface area contributed by atoms with Crippen LogP contribution in [0.3, 0.4) is 0 Å². The Balaban J connectivity index is 1.49. The van der Waals surface area contributed by atoms with Crippen LogP contribution in [0.25, 0.3) is 16.9 Å². The zero-order chi connectivity index (χ0) is 25.5. The molecule has 1 aromatic carbocycles. The number of aliphatic hydroxyl groups excluding tert-OH is 1. The number of fused-ring (bicyclic) bond motifs is 1. The average Bonchev–Trinajstić information content (AvgIpc) is 3.22. The van der Waals surface area contributed by atoms with Gasteiger partial charge >= 0.3 is 0 Å². The Morgan fingerprint density at radius 1 is 1.20 bits per heavy atom. The van der Waals surface area contributed by atoms with Crippen LogP contribution < -0.4 is 0 Å². The molecule has 1 saturated heterocycles. The van der Waals surface area contributed by atoms with Crippen LogP contribution in [0.2, 0.25) is 0 Å². The molecule has 0 bridgehead atoms. The molecule has 4 rings (SSSR count). The Labute approximate surface area is 204 Å². The van der Waals surface area contributed by atoms with Crippen LogP contribution in [-0.2, 0) is 4.79 Å². The average molecular weight is 482 g/mol. The van der Waals surface area contributed by atoms with Crippen molar-refractivity contribution < 1.29 is 19.1 Å². The molecule has 0 spiro atoms. The minimum Gasteiger partial charge on any atom is -0.383 e. The van der Waals surface area contributed by atoms with Gasteiger partial charge in [0.2, 0.25) is 0 Å². The highest BCUT2D eigenvalue weighted by Crippen LogP contribution is 2.24. The normalized spacial score (nSPS) is 17.6. The largest absolute Gasteiger partial charge is 0.383 e. The fourth-order valence-electron chi connectivity index (χ4n) is 4.49. The highest BCUT2D eigenvalue weighted by molar-refractivity contribution is 5.93. The third kappa shape index (κ3) is 5.35. The standard InChI is InChI=1S/C26H32FN5O3/c1-16-12-20(18-6-8-19(27)9-7-18)29-32-15-21(28-23(16)32)24(34)30-10-11-31(17(2)14-30)25(35)22(33)13-26(3,4)5/h6-9,12,15,17,22,33H,10-11,13-14H2,1-5H3. The van der Waals surface area contributed by atoms with Crippen molar-refractivity contribution in [3.8, 4) is 11.3 Å². The maximum atomic E-state index is 13.3. The van der Waals surface area contributed by atoms with Crippen LogP contribution in [-0.4, -0.2) is 73.1 Å². The smallest absolute Gasteiger partial charge is 0.274 e. The first kappa shape index (κ1) is 24.8. The SMILES string of the molecule is Cc1cc(-c2ccc(F)cc2)nn2cc(C(=O)N3CCN(C(=O)C(O)CC(C)(C)C)C(C)C3)nc12. The predicted octanol–water partition coefficient (Wildman–Crippen LogP) is 3.31. The van der Waals surface area contributed by atoms with Gasteiger partial charge in [-0.1, -0.05) is 20.8 Å². The number of halogens is 1. The summed E-state index contributed by atoms with van der Waals surface area (Å²) in [6, 6.07) is 7.72. The van der Waals surface area contributed by atoms with Gasteiger partial charge in [-0.3, -0.25) is 9.59 Å². The van der Waals surface area contributed by atoms with E-state index < -0.39 is 6.10 Å². The number of piperazine rings is 1. The number of benzene rings is 1. The summed E-state index contributed by atoms with van der Waals surface area (Å²) in [5.74, 6) is -0.838. The van der Waals surface area contributed by atoms with E-state index in [9.17, 15) is 19.1 Å². The van der Waals surface area contributed by atoms with Gasteiger partial charge in [0.05, 0.1) is 11.9 Å². The van der Waals surface area contributed by atoms with Crippen molar-refractivity contribution >= 4 is 17.5 Å². The second kappa shape index (κ2) is 9.37. The summed E-state index contributed by atoms with van der Waals surface area (Å²) in [5, 5.41) is 15.0. The molecule has 2 atom stereocenters. The summed E-state index contributed by atoms with van der Waals surface area (Å²) >= 11 is 0. The van der Waals surface area contributed by atoms with Crippen LogP contribution in [0, 0.1) is 18.2 Å². The Bertz CT molecular complexity index is 1250. The molecule has 1 aliphatic heterocycles. The molecule has 0 aliphatic carbocycles. The molecule has 3 heterocycles. The van der Waals surface area contributed by atoms with Gasteiger partial charge in [0.1, 0.15) is 17.6 Å². The molecule has 1 aliphatic rings. The fourth-order valence-corrected chi connectivity index (χ4v) is 4.49. The van der Waals surface area contributed by atoms with Gasteiger partial charge in [-0.2, -0.15) is 5.10 Å². The van der Waals surface area contributed by atoms with Gasteiger partial charge in [0.15, 0.2) is 5.65 Å². The predicted molar refractivity (Wildman–Crippen MR) is 130 cm³/mol. The lowest BCUT2D eigenvalue weighted by Gasteiger charge is -2.40. The molecule has 2 unspecified atom stereocenters. The zero-order valence-electron chi connectivity index (χ0n) is 20.8. The topological polar surface area (TPSA) is 91.0 Å². The number of nitrogens with zero attached hydrogens (tertiary/aromatic N) is 5. The van der Waals surface area contributed by atoms with Crippen molar-refractivity contribution in [2.45, 2.75) is 53.2 Å². The van der Waals surface area contributed by atoms with Crippen molar-refractivity contribution in [1.29, 1.82) is 0 Å². The van der Waals surface area contributed by atoms with Gasteiger partial charge in [0, 0.05) is 31.2 Å². The minimum absolute atomic E-state index is 0.165. The van der Waals surface area contributed by atoms with Crippen LogP contribution in [0.4, 0.5) is 4.39 Å². The van der Waals surface area contributed by atoms with Gasteiger partial charge in [0.25, 0.3) is 11.8 Å². The van der Waals surface area contributed by atoms with E-state index in [4.69, 9.17) is 0 Å². The van der Waals surface area contributed by atoms with Crippen LogP contribution >= 0.6 is 0 Å². The van der Waals surface area contributed by atoms with Crippen molar-refractivity contribution in [1.82, 2.24) is 24.4 Å². The Morgan fingerprint density at radius 2 is 1.89 bits per heavy atom. The maximum absolute atomic E-state index is 13.3. The zero-order valence-corrected chi connectivity index (χ0v) is 20.8. The molecular weight excluding hydrogens is 449 g/mol. The molecule has 1 fully saturated rings. The van der Waals surface area contributed by atoms with Crippen molar-refractivity contribution in [2.75, 3.05) is 19.6 Å². The maximum Gasteiger partial charge on any atom is 0.274 e. The lowest BCUT2D eigenvalue weighted by Crippen LogP contribution is -2.57. The van der Waals surface area contributed by atoms with Crippen LogP contribution in [0.1, 0.15) is 50.2 Å². The van der Waals surface area contributed by atoms with E-state index in [0.29, 0.717) is 37.4 Å². The van der Waals surface area contributed by atoms with Gasteiger partial charge in [-0.05, 0) is 61.6 Å². The number of hydrogen-bond acceptors (Lipinski definition) is 5. The highest BCUT2D eigenvalue weighted by Gasteiger charge is 2.34. The number of aryl methyl sites for hydroxylation is 1. The molecule has 8 nitrogen and oxygen atoms in total.